The summed E-state index contributed by atoms with van der Waals surface area (Å²) in [4.78, 5) is 26.3. The van der Waals surface area contributed by atoms with Gasteiger partial charge in [0.1, 0.15) is 6.17 Å². The molecular formula is C39H78N2O5. The van der Waals surface area contributed by atoms with Crippen molar-refractivity contribution < 1.29 is 24.9 Å². The fourth-order valence-electron chi connectivity index (χ4n) is 6.41. The molecule has 0 aromatic rings. The van der Waals surface area contributed by atoms with Crippen molar-refractivity contribution >= 4 is 11.8 Å². The monoisotopic (exact) mass is 655 g/mol. The van der Waals surface area contributed by atoms with E-state index in [0.29, 0.717) is 25.7 Å². The zero-order chi connectivity index (χ0) is 34.1. The highest BCUT2D eigenvalue weighted by molar-refractivity contribution is 5.82. The summed E-state index contributed by atoms with van der Waals surface area (Å²) in [5.41, 5.74) is 0. The minimum atomic E-state index is -0.962. The van der Waals surface area contributed by atoms with E-state index in [9.17, 15) is 24.9 Å². The van der Waals surface area contributed by atoms with E-state index < -0.39 is 12.3 Å². The third-order valence-electron chi connectivity index (χ3n) is 9.59. The molecule has 0 aromatic carbocycles. The number of carbonyl (C=O) groups is 2. The number of carbonyl (C=O) groups excluding carboxylic acids is 2. The SMILES string of the molecule is CCCCCCCCCCCCCCC(CCO)C(=O)NC(NC(=O)C(CCO)CCCCCCCCCCCCCC)C(C)O. The second-order valence-corrected chi connectivity index (χ2v) is 14.0. The third-order valence-corrected chi connectivity index (χ3v) is 9.59. The Kier molecular flexibility index (Phi) is 32.8. The topological polar surface area (TPSA) is 119 Å². The summed E-state index contributed by atoms with van der Waals surface area (Å²) in [5, 5.41) is 35.2. The molecular weight excluding hydrogens is 576 g/mol. The summed E-state index contributed by atoms with van der Waals surface area (Å²) >= 11 is 0. The van der Waals surface area contributed by atoms with Crippen LogP contribution >= 0.6 is 0 Å². The van der Waals surface area contributed by atoms with Crippen molar-refractivity contribution in [3.63, 3.8) is 0 Å². The van der Waals surface area contributed by atoms with E-state index in [-0.39, 0.29) is 36.9 Å². The van der Waals surface area contributed by atoms with Crippen LogP contribution in [0.2, 0.25) is 0 Å². The molecule has 7 nitrogen and oxygen atoms in total. The normalized spacial score (nSPS) is 14.1. The third kappa shape index (κ3) is 26.8. The van der Waals surface area contributed by atoms with Gasteiger partial charge in [-0.05, 0) is 32.6 Å². The molecule has 0 aliphatic rings. The first-order valence-electron chi connectivity index (χ1n) is 19.9. The Labute approximate surface area is 284 Å². The second-order valence-electron chi connectivity index (χ2n) is 14.0. The number of nitrogens with one attached hydrogen (secondary N) is 2. The Bertz CT molecular complexity index is 623. The predicted octanol–water partition coefficient (Wildman–Crippen LogP) is 9.11. The van der Waals surface area contributed by atoms with E-state index in [4.69, 9.17) is 0 Å². The number of unbranched alkanes of at least 4 members (excludes halogenated alkanes) is 22. The molecule has 0 aliphatic carbocycles. The van der Waals surface area contributed by atoms with Crippen LogP contribution in [0.3, 0.4) is 0 Å². The lowest BCUT2D eigenvalue weighted by Gasteiger charge is -2.27. The average molecular weight is 655 g/mol. The maximum absolute atomic E-state index is 13.1. The summed E-state index contributed by atoms with van der Waals surface area (Å²) in [6.45, 7) is 5.92. The van der Waals surface area contributed by atoms with E-state index in [1.165, 1.54) is 128 Å². The summed E-state index contributed by atoms with van der Waals surface area (Å²) in [5.74, 6) is -1.16. The van der Waals surface area contributed by atoms with Gasteiger partial charge in [-0.2, -0.15) is 0 Å². The molecule has 0 saturated heterocycles. The Hall–Kier alpha value is -1.18. The Morgan fingerprint density at radius 1 is 0.457 bits per heavy atom. The molecule has 0 saturated carbocycles. The predicted molar refractivity (Wildman–Crippen MR) is 194 cm³/mol. The van der Waals surface area contributed by atoms with Crippen LogP contribution in [0.15, 0.2) is 0 Å². The van der Waals surface area contributed by atoms with Crippen molar-refractivity contribution in [3.05, 3.63) is 0 Å². The number of rotatable bonds is 35. The van der Waals surface area contributed by atoms with Crippen LogP contribution in [0.1, 0.15) is 201 Å². The summed E-state index contributed by atoms with van der Waals surface area (Å²) < 4.78 is 0. The zero-order valence-electron chi connectivity index (χ0n) is 30.7. The van der Waals surface area contributed by atoms with Crippen LogP contribution in [-0.2, 0) is 9.59 Å². The number of hydrogen-bond acceptors (Lipinski definition) is 5. The van der Waals surface area contributed by atoms with E-state index in [1.54, 1.807) is 6.92 Å². The van der Waals surface area contributed by atoms with Gasteiger partial charge in [0.05, 0.1) is 6.10 Å². The molecule has 2 amide bonds. The van der Waals surface area contributed by atoms with E-state index in [1.807, 2.05) is 0 Å². The number of hydrogen-bond donors (Lipinski definition) is 5. The summed E-state index contributed by atoms with van der Waals surface area (Å²) in [6, 6.07) is 0. The van der Waals surface area contributed by atoms with Gasteiger partial charge >= 0.3 is 0 Å². The van der Waals surface area contributed by atoms with Gasteiger partial charge in [0.25, 0.3) is 0 Å². The molecule has 0 rings (SSSR count). The van der Waals surface area contributed by atoms with Crippen LogP contribution in [-0.4, -0.2) is 52.6 Å². The highest BCUT2D eigenvalue weighted by atomic mass is 16.3. The van der Waals surface area contributed by atoms with Crippen LogP contribution in [0.5, 0.6) is 0 Å². The highest BCUT2D eigenvalue weighted by Gasteiger charge is 2.27. The first-order valence-corrected chi connectivity index (χ1v) is 19.9. The minimum absolute atomic E-state index is 0.0698. The Morgan fingerprint density at radius 2 is 0.717 bits per heavy atom. The van der Waals surface area contributed by atoms with Gasteiger partial charge in [0, 0.05) is 25.0 Å². The molecule has 0 heterocycles. The largest absolute Gasteiger partial charge is 0.396 e. The van der Waals surface area contributed by atoms with Crippen LogP contribution < -0.4 is 10.6 Å². The standard InChI is InChI=1S/C39H78N2O5/c1-4-6-8-10-12-14-16-18-20-22-24-26-28-35(30-32-42)38(45)40-37(34(3)44)41-39(46)36(31-33-43)29-27-25-23-21-19-17-15-13-11-9-7-5-2/h34-37,42-44H,4-33H2,1-3H3,(H,40,45)(H,41,46). The fourth-order valence-corrected chi connectivity index (χ4v) is 6.41. The van der Waals surface area contributed by atoms with Crippen molar-refractivity contribution in [2.24, 2.45) is 11.8 Å². The van der Waals surface area contributed by atoms with Gasteiger partial charge in [0.15, 0.2) is 0 Å². The molecule has 46 heavy (non-hydrogen) atoms. The smallest absolute Gasteiger partial charge is 0.224 e. The van der Waals surface area contributed by atoms with Gasteiger partial charge < -0.3 is 26.0 Å². The number of aliphatic hydroxyl groups is 3. The molecule has 7 heteroatoms. The average Bonchev–Trinajstić information content (AvgIpc) is 3.04. The lowest BCUT2D eigenvalue weighted by molar-refractivity contribution is -0.131. The first kappa shape index (κ1) is 44.8. The van der Waals surface area contributed by atoms with E-state index in [0.717, 1.165) is 25.7 Å². The molecule has 0 bridgehead atoms. The molecule has 274 valence electrons. The van der Waals surface area contributed by atoms with Gasteiger partial charge in [0.2, 0.25) is 11.8 Å². The lowest BCUT2D eigenvalue weighted by Crippen LogP contribution is -2.56. The van der Waals surface area contributed by atoms with Crippen molar-refractivity contribution in [1.82, 2.24) is 10.6 Å². The molecule has 0 radical (unpaired) electrons. The van der Waals surface area contributed by atoms with Crippen molar-refractivity contribution in [2.75, 3.05) is 13.2 Å². The van der Waals surface area contributed by atoms with Crippen molar-refractivity contribution in [3.8, 4) is 0 Å². The maximum atomic E-state index is 13.1. The quantitative estimate of drug-likeness (QED) is 0.0345. The molecule has 3 unspecified atom stereocenters. The molecule has 0 aliphatic heterocycles. The van der Waals surface area contributed by atoms with Crippen LogP contribution in [0.25, 0.3) is 0 Å². The molecule has 0 spiro atoms. The van der Waals surface area contributed by atoms with Gasteiger partial charge in [-0.1, -0.05) is 168 Å². The molecule has 3 atom stereocenters. The minimum Gasteiger partial charge on any atom is -0.396 e. The van der Waals surface area contributed by atoms with Crippen molar-refractivity contribution in [2.45, 2.75) is 213 Å². The highest BCUT2D eigenvalue weighted by Crippen LogP contribution is 2.19. The van der Waals surface area contributed by atoms with Gasteiger partial charge in [-0.15, -0.1) is 0 Å². The van der Waals surface area contributed by atoms with Crippen LogP contribution in [0, 0.1) is 11.8 Å². The molecule has 0 fully saturated rings. The van der Waals surface area contributed by atoms with Crippen LogP contribution in [0.4, 0.5) is 0 Å². The van der Waals surface area contributed by atoms with Gasteiger partial charge in [-0.3, -0.25) is 9.59 Å². The Morgan fingerprint density at radius 3 is 0.957 bits per heavy atom. The summed E-state index contributed by atoms with van der Waals surface area (Å²) in [6.07, 6.45) is 30.4. The lowest BCUT2D eigenvalue weighted by atomic mass is 9.95. The number of aliphatic hydroxyl groups excluding tert-OH is 3. The molecule has 5 N–H and O–H groups in total. The van der Waals surface area contributed by atoms with E-state index >= 15 is 0 Å². The zero-order valence-corrected chi connectivity index (χ0v) is 30.7. The van der Waals surface area contributed by atoms with E-state index in [2.05, 4.69) is 24.5 Å². The molecule has 0 aromatic heterocycles. The first-order chi connectivity index (χ1) is 22.4. The van der Waals surface area contributed by atoms with Crippen molar-refractivity contribution in [1.29, 1.82) is 0 Å². The van der Waals surface area contributed by atoms with Gasteiger partial charge in [-0.25, -0.2) is 0 Å². The summed E-state index contributed by atoms with van der Waals surface area (Å²) in [7, 11) is 0. The maximum Gasteiger partial charge on any atom is 0.224 e. The fraction of sp³-hybridized carbons (Fsp3) is 0.949. The Balaban J connectivity index is 4.40. The number of amides is 2. The second kappa shape index (κ2) is 33.7.